The summed E-state index contributed by atoms with van der Waals surface area (Å²) in [6, 6.07) is 11.0. The summed E-state index contributed by atoms with van der Waals surface area (Å²) in [6.07, 6.45) is 7.15. The number of carboxylic acids is 1. The summed E-state index contributed by atoms with van der Waals surface area (Å²) in [5, 5.41) is 9.41. The number of aryl methyl sites for hydroxylation is 2. The molecule has 0 atom stereocenters. The minimum atomic E-state index is -3.67. The lowest BCUT2D eigenvalue weighted by Gasteiger charge is -2.14. The van der Waals surface area contributed by atoms with Crippen LogP contribution in [0.1, 0.15) is 62.6 Å². The smallest absolute Gasteiger partial charge is 0.333 e. The first-order valence-corrected chi connectivity index (χ1v) is 14.6. The lowest BCUT2D eigenvalue weighted by molar-refractivity contribution is -0.133. The summed E-state index contributed by atoms with van der Waals surface area (Å²) in [5.74, 6) is 0.266. The molecule has 0 saturated carbocycles. The number of benzene rings is 2. The predicted molar refractivity (Wildman–Crippen MR) is 149 cm³/mol. The molecule has 0 spiro atoms. The molecule has 0 amide bonds. The zero-order valence-electron chi connectivity index (χ0n) is 22.8. The van der Waals surface area contributed by atoms with Crippen LogP contribution < -0.4 is 13.7 Å². The molecule has 0 unspecified atom stereocenters. The molecule has 0 fully saturated rings. The maximum atomic E-state index is 12.2. The Kier molecular flexibility index (Phi) is 13.2. The van der Waals surface area contributed by atoms with Crippen LogP contribution in [-0.4, -0.2) is 52.7 Å². The fourth-order valence-electron chi connectivity index (χ4n) is 3.77. The molecule has 0 aliphatic rings. The van der Waals surface area contributed by atoms with Crippen molar-refractivity contribution in [3.63, 3.8) is 0 Å². The van der Waals surface area contributed by atoms with Gasteiger partial charge in [0.2, 0.25) is 0 Å². The summed E-state index contributed by atoms with van der Waals surface area (Å²) in [5.41, 5.74) is 2.94. The average molecular weight is 549 g/mol. The third-order valence-corrected chi connectivity index (χ3v) is 7.09. The van der Waals surface area contributed by atoms with Gasteiger partial charge >= 0.3 is 16.1 Å². The van der Waals surface area contributed by atoms with Crippen molar-refractivity contribution in [2.45, 2.75) is 58.8 Å². The van der Waals surface area contributed by atoms with Crippen LogP contribution in [0, 0.1) is 0 Å². The van der Waals surface area contributed by atoms with E-state index in [1.54, 1.807) is 18.2 Å². The van der Waals surface area contributed by atoms with Crippen LogP contribution in [0.5, 0.6) is 17.2 Å². The van der Waals surface area contributed by atoms with Crippen LogP contribution in [-0.2, 0) is 32.5 Å². The minimum absolute atomic E-state index is 0.0150. The number of carboxylic acid groups (broad SMARTS) is 1. The first-order valence-electron chi connectivity index (χ1n) is 13.0. The minimum Gasteiger partial charge on any atom is -0.493 e. The van der Waals surface area contributed by atoms with Gasteiger partial charge in [-0.2, -0.15) is 8.42 Å². The first kappa shape index (κ1) is 31.2. The number of unbranched alkanes of at least 4 members (excludes halogenated alkanes) is 2. The highest BCUT2D eigenvalue weighted by Gasteiger charge is 2.16. The van der Waals surface area contributed by atoms with Crippen molar-refractivity contribution in [1.82, 2.24) is 0 Å². The second-order valence-electron chi connectivity index (χ2n) is 9.01. The zero-order chi connectivity index (χ0) is 28.0. The Morgan fingerprint density at radius 3 is 2.34 bits per heavy atom. The van der Waals surface area contributed by atoms with E-state index in [1.165, 1.54) is 14.2 Å². The Morgan fingerprint density at radius 1 is 0.921 bits per heavy atom. The summed E-state index contributed by atoms with van der Waals surface area (Å²) >= 11 is 0. The van der Waals surface area contributed by atoms with Crippen molar-refractivity contribution in [1.29, 1.82) is 0 Å². The number of hydrogen-bond donors (Lipinski definition) is 1. The van der Waals surface area contributed by atoms with E-state index in [4.69, 9.17) is 18.4 Å². The summed E-state index contributed by atoms with van der Waals surface area (Å²) < 4.78 is 46.1. The number of aliphatic carboxylic acids is 1. The van der Waals surface area contributed by atoms with Gasteiger partial charge in [-0.25, -0.2) is 4.79 Å². The van der Waals surface area contributed by atoms with Crippen molar-refractivity contribution in [3.05, 3.63) is 58.7 Å². The highest BCUT2D eigenvalue weighted by Crippen LogP contribution is 2.31. The molecule has 1 N–H and O–H groups in total. The normalized spacial score (nSPS) is 11.8. The molecular weight excluding hydrogens is 508 g/mol. The second-order valence-corrected chi connectivity index (χ2v) is 10.7. The van der Waals surface area contributed by atoms with Gasteiger partial charge in [0.15, 0.2) is 11.5 Å². The molecule has 9 heteroatoms. The SMILES string of the molecule is CCCCOc1cc(C=C(COC)C(=O)O)ccc1CCCc1ccc(OS(=O)(=O)CCCC)c(OC)c1. The van der Waals surface area contributed by atoms with Gasteiger partial charge in [0.25, 0.3) is 0 Å². The molecule has 2 rings (SSSR count). The van der Waals surface area contributed by atoms with E-state index in [0.717, 1.165) is 61.0 Å². The Morgan fingerprint density at radius 2 is 1.68 bits per heavy atom. The lowest BCUT2D eigenvalue weighted by Crippen LogP contribution is -2.14. The molecule has 0 heterocycles. The highest BCUT2D eigenvalue weighted by molar-refractivity contribution is 7.87. The van der Waals surface area contributed by atoms with Crippen molar-refractivity contribution in [2.75, 3.05) is 33.2 Å². The van der Waals surface area contributed by atoms with Crippen molar-refractivity contribution in [2.24, 2.45) is 0 Å². The van der Waals surface area contributed by atoms with Crippen LogP contribution >= 0.6 is 0 Å². The number of ether oxygens (including phenoxy) is 3. The summed E-state index contributed by atoms with van der Waals surface area (Å²) in [4.78, 5) is 11.5. The maximum Gasteiger partial charge on any atom is 0.333 e. The summed E-state index contributed by atoms with van der Waals surface area (Å²) in [7, 11) is -0.714. The molecule has 0 aliphatic carbocycles. The van der Waals surface area contributed by atoms with Crippen molar-refractivity contribution in [3.8, 4) is 17.2 Å². The van der Waals surface area contributed by atoms with Gasteiger partial charge in [-0.3, -0.25) is 0 Å². The van der Waals surface area contributed by atoms with E-state index >= 15 is 0 Å². The van der Waals surface area contributed by atoms with Gasteiger partial charge in [0, 0.05) is 7.11 Å². The van der Waals surface area contributed by atoms with Gasteiger partial charge in [0.1, 0.15) is 5.75 Å². The fourth-order valence-corrected chi connectivity index (χ4v) is 4.91. The van der Waals surface area contributed by atoms with Crippen LogP contribution in [0.4, 0.5) is 0 Å². The van der Waals surface area contributed by atoms with Gasteiger partial charge < -0.3 is 23.5 Å². The third kappa shape index (κ3) is 10.4. The molecule has 8 nitrogen and oxygen atoms in total. The third-order valence-electron chi connectivity index (χ3n) is 5.87. The quantitative estimate of drug-likeness (QED) is 0.144. The number of carbonyl (C=O) groups is 1. The van der Waals surface area contributed by atoms with Gasteiger partial charge in [-0.1, -0.05) is 44.9 Å². The molecular formula is C29H40O8S. The molecule has 210 valence electrons. The molecule has 0 bridgehead atoms. The predicted octanol–water partition coefficient (Wildman–Crippen LogP) is 5.67. The van der Waals surface area contributed by atoms with Gasteiger partial charge in [-0.15, -0.1) is 0 Å². The Balaban J connectivity index is 2.14. The molecule has 0 saturated heterocycles. The highest BCUT2D eigenvalue weighted by atomic mass is 32.2. The van der Waals surface area contributed by atoms with E-state index in [0.29, 0.717) is 18.8 Å². The van der Waals surface area contributed by atoms with Crippen LogP contribution in [0.15, 0.2) is 42.0 Å². The summed E-state index contributed by atoms with van der Waals surface area (Å²) in [6.45, 7) is 4.62. The monoisotopic (exact) mass is 548 g/mol. The van der Waals surface area contributed by atoms with Crippen molar-refractivity contribution < 1.29 is 36.7 Å². The molecule has 0 aliphatic heterocycles. The van der Waals surface area contributed by atoms with E-state index < -0.39 is 16.1 Å². The lowest BCUT2D eigenvalue weighted by atomic mass is 10.0. The van der Waals surface area contributed by atoms with Crippen LogP contribution in [0.3, 0.4) is 0 Å². The standard InChI is InChI=1S/C29H40O8S/c1-5-7-16-36-27-20-23(18-25(21-34-3)29(30)31)12-14-24(27)11-9-10-22-13-15-26(28(19-22)35-4)37-38(32,33)17-8-6-2/h12-15,18-20H,5-11,16-17,21H2,1-4H3,(H,30,31). The fraction of sp³-hybridized carbons (Fsp3) is 0.483. The zero-order valence-corrected chi connectivity index (χ0v) is 23.6. The largest absolute Gasteiger partial charge is 0.493 e. The molecule has 38 heavy (non-hydrogen) atoms. The van der Waals surface area contributed by atoms with E-state index in [2.05, 4.69) is 6.92 Å². The molecule has 2 aromatic carbocycles. The van der Waals surface area contributed by atoms with Gasteiger partial charge in [-0.05, 0) is 73.1 Å². The van der Waals surface area contributed by atoms with E-state index in [-0.39, 0.29) is 23.7 Å². The number of methoxy groups -OCH3 is 2. The second kappa shape index (κ2) is 16.0. The maximum absolute atomic E-state index is 12.2. The van der Waals surface area contributed by atoms with Crippen LogP contribution in [0.25, 0.3) is 6.08 Å². The number of rotatable bonds is 18. The molecule has 2 aromatic rings. The van der Waals surface area contributed by atoms with E-state index in [1.807, 2.05) is 31.2 Å². The van der Waals surface area contributed by atoms with Gasteiger partial charge in [0.05, 0.1) is 31.6 Å². The first-order chi connectivity index (χ1) is 18.2. The Labute approximate surface area is 226 Å². The number of hydrogen-bond acceptors (Lipinski definition) is 7. The molecule has 0 aromatic heterocycles. The van der Waals surface area contributed by atoms with Crippen LogP contribution in [0.2, 0.25) is 0 Å². The average Bonchev–Trinajstić information content (AvgIpc) is 2.89. The molecule has 0 radical (unpaired) electrons. The van der Waals surface area contributed by atoms with E-state index in [9.17, 15) is 18.3 Å². The Hall–Kier alpha value is -3.04. The Bertz CT molecular complexity index is 1170. The topological polar surface area (TPSA) is 108 Å². The van der Waals surface area contributed by atoms with Crippen molar-refractivity contribution >= 4 is 22.2 Å².